The summed E-state index contributed by atoms with van der Waals surface area (Å²) in [5.74, 6) is 0.102. The van der Waals surface area contributed by atoms with Gasteiger partial charge in [-0.1, -0.05) is 23.7 Å². The Balaban J connectivity index is 1.49. The van der Waals surface area contributed by atoms with Gasteiger partial charge >= 0.3 is 0 Å². The molecule has 33 heavy (non-hydrogen) atoms. The fourth-order valence-electron chi connectivity index (χ4n) is 3.45. The van der Waals surface area contributed by atoms with Crippen LogP contribution in [0.3, 0.4) is 0 Å². The number of pyridine rings is 1. The van der Waals surface area contributed by atoms with E-state index < -0.39 is 0 Å². The first kappa shape index (κ1) is 20.8. The van der Waals surface area contributed by atoms with Gasteiger partial charge in [-0.05, 0) is 42.8 Å². The van der Waals surface area contributed by atoms with Crippen molar-refractivity contribution in [3.05, 3.63) is 83.7 Å². The number of amides is 1. The molecule has 1 aromatic carbocycles. The summed E-state index contributed by atoms with van der Waals surface area (Å²) < 4.78 is 3.33. The molecule has 5 aromatic rings. The highest BCUT2D eigenvalue weighted by molar-refractivity contribution is 6.30. The Morgan fingerprint density at radius 1 is 1.06 bits per heavy atom. The maximum Gasteiger partial charge on any atom is 0.270 e. The molecule has 0 fully saturated rings. The fraction of sp³-hybridized carbons (Fsp3) is 0.130. The predicted octanol–water partition coefficient (Wildman–Crippen LogP) is 3.73. The Hall–Kier alpha value is -4.11. The normalized spacial score (nSPS) is 12.1. The molecule has 0 unspecified atom stereocenters. The number of aromatic nitrogens is 7. The molecular weight excluding hydrogens is 440 g/mol. The Morgan fingerprint density at radius 2 is 1.88 bits per heavy atom. The lowest BCUT2D eigenvalue weighted by atomic mass is 10.1. The number of carbonyl (C=O) groups excluding carboxylic acids is 1. The molecule has 0 spiro atoms. The van der Waals surface area contributed by atoms with Crippen LogP contribution in [0.15, 0.2) is 67.4 Å². The molecule has 4 aromatic heterocycles. The standard InChI is InChI=1S/C23H19ClN8O/c1-14(16-7-8-32-21(9-16)25-13-27-32)28-23(33)20-10-19(15-3-5-18(24)6-4-15)29-22(30-20)17-11-26-31(2)12-17/h3-14H,1-2H3,(H,28,33)/t14-/m0/s1. The monoisotopic (exact) mass is 458 g/mol. The first-order chi connectivity index (χ1) is 16.0. The first-order valence-electron chi connectivity index (χ1n) is 10.2. The molecule has 1 atom stereocenters. The number of benzene rings is 1. The molecule has 164 valence electrons. The fourth-order valence-corrected chi connectivity index (χ4v) is 3.58. The van der Waals surface area contributed by atoms with Gasteiger partial charge in [-0.2, -0.15) is 10.2 Å². The van der Waals surface area contributed by atoms with Gasteiger partial charge < -0.3 is 5.32 Å². The second kappa shape index (κ2) is 8.44. The minimum absolute atomic E-state index is 0.254. The molecular formula is C23H19ClN8O. The second-order valence-corrected chi connectivity index (χ2v) is 8.03. The van der Waals surface area contributed by atoms with Gasteiger partial charge in [-0.25, -0.2) is 19.5 Å². The van der Waals surface area contributed by atoms with Crippen LogP contribution in [0.1, 0.15) is 29.0 Å². The summed E-state index contributed by atoms with van der Waals surface area (Å²) in [6.45, 7) is 1.91. The maximum absolute atomic E-state index is 13.2. The van der Waals surface area contributed by atoms with Crippen LogP contribution in [0, 0.1) is 0 Å². The SMILES string of the molecule is C[C@H](NC(=O)c1cc(-c2ccc(Cl)cc2)nc(-c2cnn(C)c2)n1)c1ccn2ncnc2c1. The molecule has 0 aliphatic rings. The number of nitrogens with one attached hydrogen (secondary N) is 1. The van der Waals surface area contributed by atoms with Gasteiger partial charge in [-0.3, -0.25) is 9.48 Å². The Labute approximate surface area is 194 Å². The molecule has 9 nitrogen and oxygen atoms in total. The average Bonchev–Trinajstić information content (AvgIpc) is 3.47. The van der Waals surface area contributed by atoms with Gasteiger partial charge in [0.1, 0.15) is 12.0 Å². The Morgan fingerprint density at radius 3 is 2.64 bits per heavy atom. The molecule has 0 aliphatic heterocycles. The van der Waals surface area contributed by atoms with Gasteiger partial charge in [0.25, 0.3) is 5.91 Å². The number of aryl methyl sites for hydroxylation is 1. The van der Waals surface area contributed by atoms with Crippen molar-refractivity contribution in [3.63, 3.8) is 0 Å². The number of hydrogen-bond donors (Lipinski definition) is 1. The highest BCUT2D eigenvalue weighted by Gasteiger charge is 2.18. The Kier molecular flexibility index (Phi) is 5.31. The van der Waals surface area contributed by atoms with Crippen molar-refractivity contribution in [2.24, 2.45) is 7.05 Å². The van der Waals surface area contributed by atoms with Crippen LogP contribution >= 0.6 is 11.6 Å². The summed E-state index contributed by atoms with van der Waals surface area (Å²) in [4.78, 5) is 26.6. The van der Waals surface area contributed by atoms with Crippen LogP contribution in [0.5, 0.6) is 0 Å². The van der Waals surface area contributed by atoms with E-state index in [2.05, 4.69) is 30.5 Å². The number of halogens is 1. The quantitative estimate of drug-likeness (QED) is 0.430. The number of fused-ring (bicyclic) bond motifs is 1. The van der Waals surface area contributed by atoms with Crippen molar-refractivity contribution in [1.29, 1.82) is 0 Å². The molecule has 0 saturated carbocycles. The molecule has 0 radical (unpaired) electrons. The van der Waals surface area contributed by atoms with Crippen molar-refractivity contribution in [1.82, 2.24) is 39.7 Å². The Bertz CT molecular complexity index is 1460. The van der Waals surface area contributed by atoms with Crippen molar-refractivity contribution < 1.29 is 4.79 Å². The van der Waals surface area contributed by atoms with Crippen LogP contribution in [-0.2, 0) is 7.05 Å². The highest BCUT2D eigenvalue weighted by atomic mass is 35.5. The van der Waals surface area contributed by atoms with E-state index in [1.165, 1.54) is 6.33 Å². The topological polar surface area (TPSA) is 103 Å². The first-order valence-corrected chi connectivity index (χ1v) is 10.6. The summed E-state index contributed by atoms with van der Waals surface area (Å²) in [6.07, 6.45) is 6.77. The van der Waals surface area contributed by atoms with E-state index in [-0.39, 0.29) is 17.6 Å². The molecule has 1 amide bonds. The zero-order valence-corrected chi connectivity index (χ0v) is 18.6. The summed E-state index contributed by atoms with van der Waals surface area (Å²) in [6, 6.07) is 12.5. The lowest BCUT2D eigenvalue weighted by Gasteiger charge is -2.15. The van der Waals surface area contributed by atoms with Gasteiger partial charge in [0.05, 0.1) is 23.5 Å². The second-order valence-electron chi connectivity index (χ2n) is 7.59. The minimum atomic E-state index is -0.313. The van der Waals surface area contributed by atoms with Crippen LogP contribution in [-0.4, -0.2) is 40.3 Å². The summed E-state index contributed by atoms with van der Waals surface area (Å²) in [5, 5.41) is 11.9. The third-order valence-electron chi connectivity index (χ3n) is 5.21. The van der Waals surface area contributed by atoms with E-state index in [0.717, 1.165) is 11.1 Å². The summed E-state index contributed by atoms with van der Waals surface area (Å²) >= 11 is 6.04. The van der Waals surface area contributed by atoms with Gasteiger partial charge in [0, 0.05) is 30.0 Å². The van der Waals surface area contributed by atoms with E-state index in [4.69, 9.17) is 11.6 Å². The van der Waals surface area contributed by atoms with E-state index in [1.54, 1.807) is 39.8 Å². The van der Waals surface area contributed by atoms with Crippen molar-refractivity contribution in [2.75, 3.05) is 0 Å². The van der Waals surface area contributed by atoms with E-state index in [1.807, 2.05) is 44.4 Å². The predicted molar refractivity (Wildman–Crippen MR) is 124 cm³/mol. The lowest BCUT2D eigenvalue weighted by molar-refractivity contribution is 0.0935. The average molecular weight is 459 g/mol. The van der Waals surface area contributed by atoms with Gasteiger partial charge in [0.15, 0.2) is 11.5 Å². The van der Waals surface area contributed by atoms with Gasteiger partial charge in [-0.15, -0.1) is 0 Å². The molecule has 4 heterocycles. The molecule has 0 aliphatic carbocycles. The van der Waals surface area contributed by atoms with Crippen molar-refractivity contribution in [2.45, 2.75) is 13.0 Å². The number of rotatable bonds is 5. The van der Waals surface area contributed by atoms with E-state index >= 15 is 0 Å². The van der Waals surface area contributed by atoms with Crippen LogP contribution in [0.2, 0.25) is 5.02 Å². The molecule has 1 N–H and O–H groups in total. The summed E-state index contributed by atoms with van der Waals surface area (Å²) in [5.41, 5.74) is 4.02. The molecule has 0 saturated heterocycles. The number of hydrogen-bond acceptors (Lipinski definition) is 6. The number of carbonyl (C=O) groups is 1. The number of nitrogens with zero attached hydrogens (tertiary/aromatic N) is 7. The smallest absolute Gasteiger partial charge is 0.270 e. The third kappa shape index (κ3) is 4.31. The van der Waals surface area contributed by atoms with Crippen molar-refractivity contribution in [3.8, 4) is 22.6 Å². The highest BCUT2D eigenvalue weighted by Crippen LogP contribution is 2.24. The minimum Gasteiger partial charge on any atom is -0.344 e. The van der Waals surface area contributed by atoms with Crippen LogP contribution in [0.4, 0.5) is 0 Å². The molecule has 0 bridgehead atoms. The summed E-state index contributed by atoms with van der Waals surface area (Å²) in [7, 11) is 1.81. The van der Waals surface area contributed by atoms with Gasteiger partial charge in [0.2, 0.25) is 0 Å². The third-order valence-corrected chi connectivity index (χ3v) is 5.47. The van der Waals surface area contributed by atoms with E-state index in [9.17, 15) is 4.79 Å². The maximum atomic E-state index is 13.2. The zero-order chi connectivity index (χ0) is 22.9. The van der Waals surface area contributed by atoms with Crippen LogP contribution < -0.4 is 5.32 Å². The van der Waals surface area contributed by atoms with Crippen LogP contribution in [0.25, 0.3) is 28.3 Å². The van der Waals surface area contributed by atoms with E-state index in [0.29, 0.717) is 27.8 Å². The largest absolute Gasteiger partial charge is 0.344 e. The zero-order valence-electron chi connectivity index (χ0n) is 17.8. The lowest BCUT2D eigenvalue weighted by Crippen LogP contribution is -2.27. The van der Waals surface area contributed by atoms with Crippen molar-refractivity contribution >= 4 is 23.2 Å². The molecule has 5 rings (SSSR count). The molecule has 10 heteroatoms.